The van der Waals surface area contributed by atoms with Crippen molar-refractivity contribution in [1.82, 2.24) is 20.1 Å². The fourth-order valence-corrected chi connectivity index (χ4v) is 3.81. The number of rotatable bonds is 7. The van der Waals surface area contributed by atoms with Gasteiger partial charge in [0.1, 0.15) is 0 Å². The van der Waals surface area contributed by atoms with Gasteiger partial charge in [-0.3, -0.25) is 14.3 Å². The Morgan fingerprint density at radius 2 is 2.15 bits per heavy atom. The number of nitrogens with one attached hydrogen (secondary N) is 3. The summed E-state index contributed by atoms with van der Waals surface area (Å²) in [6, 6.07) is 4.04. The van der Waals surface area contributed by atoms with E-state index < -0.39 is 11.6 Å². The molecule has 0 bridgehead atoms. The number of aldehydes is 1. The Balaban J connectivity index is 0.000000194. The van der Waals surface area contributed by atoms with Crippen LogP contribution in [0.15, 0.2) is 36.8 Å². The lowest BCUT2D eigenvalue weighted by Crippen LogP contribution is -2.29. The fraction of sp³-hybridized carbons (Fsp3) is 0.348. The van der Waals surface area contributed by atoms with Gasteiger partial charge in [-0.15, -0.1) is 0 Å². The maximum atomic E-state index is 14.0. The van der Waals surface area contributed by atoms with Crippen LogP contribution in [0.4, 0.5) is 10.1 Å². The Morgan fingerprint density at radius 3 is 2.76 bits per heavy atom. The Hall–Kier alpha value is -3.17. The van der Waals surface area contributed by atoms with E-state index >= 15 is 0 Å². The Labute approximate surface area is 196 Å². The minimum atomic E-state index is -0.825. The van der Waals surface area contributed by atoms with Crippen molar-refractivity contribution in [1.29, 1.82) is 0 Å². The molecular formula is C23H27ClFN5O3. The molecule has 176 valence electrons. The minimum absolute atomic E-state index is 0.0165. The van der Waals surface area contributed by atoms with Gasteiger partial charge in [-0.2, -0.15) is 5.10 Å². The van der Waals surface area contributed by atoms with E-state index in [1.54, 1.807) is 0 Å². The van der Waals surface area contributed by atoms with Crippen LogP contribution in [-0.2, 0) is 6.54 Å². The summed E-state index contributed by atoms with van der Waals surface area (Å²) in [5, 5.41) is 10.8. The van der Waals surface area contributed by atoms with Gasteiger partial charge in [-0.25, -0.2) is 4.39 Å². The Morgan fingerprint density at radius 1 is 1.39 bits per heavy atom. The number of nitrogens with zero attached hydrogens (tertiary/aromatic N) is 2. The molecule has 0 radical (unpaired) electrons. The van der Waals surface area contributed by atoms with Crippen LogP contribution in [-0.4, -0.2) is 54.1 Å². The zero-order valence-corrected chi connectivity index (χ0v) is 19.3. The summed E-state index contributed by atoms with van der Waals surface area (Å²) < 4.78 is 20.9. The van der Waals surface area contributed by atoms with Crippen LogP contribution in [0, 0.1) is 11.7 Å². The van der Waals surface area contributed by atoms with Crippen molar-refractivity contribution in [3.8, 4) is 5.75 Å². The van der Waals surface area contributed by atoms with Crippen LogP contribution in [0.3, 0.4) is 0 Å². The van der Waals surface area contributed by atoms with Crippen molar-refractivity contribution in [2.45, 2.75) is 19.4 Å². The number of methoxy groups -OCH3 is 1. The molecule has 1 saturated heterocycles. The van der Waals surface area contributed by atoms with Gasteiger partial charge in [0.15, 0.2) is 23.6 Å². The number of piperidine rings is 1. The van der Waals surface area contributed by atoms with E-state index in [1.165, 1.54) is 44.3 Å². The topological polar surface area (TPSA) is 101 Å². The van der Waals surface area contributed by atoms with Gasteiger partial charge < -0.3 is 20.4 Å². The number of ketones is 1. The number of ether oxygens (including phenoxy) is 1. The summed E-state index contributed by atoms with van der Waals surface area (Å²) in [6.07, 6.45) is 8.37. The molecule has 3 N–H and O–H groups in total. The lowest BCUT2D eigenvalue weighted by atomic mass is 9.98. The van der Waals surface area contributed by atoms with Crippen molar-refractivity contribution in [2.75, 3.05) is 32.6 Å². The van der Waals surface area contributed by atoms with Crippen LogP contribution in [0.25, 0.3) is 0 Å². The van der Waals surface area contributed by atoms with Crippen LogP contribution in [0.1, 0.15) is 39.3 Å². The van der Waals surface area contributed by atoms with E-state index in [0.717, 1.165) is 31.2 Å². The van der Waals surface area contributed by atoms with Crippen molar-refractivity contribution < 1.29 is 18.7 Å². The van der Waals surface area contributed by atoms with Crippen molar-refractivity contribution in [2.24, 2.45) is 5.92 Å². The van der Waals surface area contributed by atoms with Crippen LogP contribution >= 0.6 is 11.6 Å². The molecule has 1 aliphatic rings. The summed E-state index contributed by atoms with van der Waals surface area (Å²) >= 11 is 5.85. The molecule has 0 atom stereocenters. The van der Waals surface area contributed by atoms with E-state index in [1.807, 2.05) is 17.9 Å². The molecule has 1 aromatic carbocycles. The van der Waals surface area contributed by atoms with Gasteiger partial charge >= 0.3 is 0 Å². The number of halogens is 2. The van der Waals surface area contributed by atoms with Crippen molar-refractivity contribution >= 4 is 29.4 Å². The third-order valence-corrected chi connectivity index (χ3v) is 5.74. The largest absolute Gasteiger partial charge is 0.494 e. The smallest absolute Gasteiger partial charge is 0.199 e. The van der Waals surface area contributed by atoms with E-state index in [4.69, 9.17) is 16.3 Å². The average Bonchev–Trinajstić information content (AvgIpc) is 3.50. The zero-order chi connectivity index (χ0) is 23.8. The molecule has 0 spiro atoms. The molecule has 33 heavy (non-hydrogen) atoms. The van der Waals surface area contributed by atoms with E-state index in [9.17, 15) is 14.0 Å². The maximum absolute atomic E-state index is 14.0. The summed E-state index contributed by atoms with van der Waals surface area (Å²) in [5.41, 5.74) is 1.19. The standard InChI is InChI=1S/C13H9ClFNO3.C10H18N4/c1-19-10-3-2-9(14)11(12(10)15)13(18)7-4-8(6-17)16-5-7;1-11-10-6-13-14(8-10)7-9-2-4-12-5-3-9/h2-6,16H,1H3;6,8-9,11-12H,2-5,7H2,1H3. The SMILES string of the molecule is CNc1cnn(CC2CCNCC2)c1.COc1ccc(Cl)c(C(=O)c2c[nH]c(C=O)c2)c1F. The number of hydrogen-bond donors (Lipinski definition) is 3. The number of benzene rings is 1. The summed E-state index contributed by atoms with van der Waals surface area (Å²) in [7, 11) is 3.22. The first-order chi connectivity index (χ1) is 16.0. The first-order valence-electron chi connectivity index (χ1n) is 10.6. The molecule has 0 saturated carbocycles. The number of anilines is 1. The highest BCUT2D eigenvalue weighted by Gasteiger charge is 2.22. The van der Waals surface area contributed by atoms with Crippen LogP contribution in [0.2, 0.25) is 5.02 Å². The summed E-state index contributed by atoms with van der Waals surface area (Å²) in [4.78, 5) is 25.3. The second-order valence-corrected chi connectivity index (χ2v) is 8.03. The third-order valence-electron chi connectivity index (χ3n) is 5.42. The predicted molar refractivity (Wildman–Crippen MR) is 125 cm³/mol. The number of H-pyrrole nitrogens is 1. The molecule has 0 unspecified atom stereocenters. The first kappa shape index (κ1) is 24.5. The average molecular weight is 476 g/mol. The summed E-state index contributed by atoms with van der Waals surface area (Å²) in [5.74, 6) is -0.723. The van der Waals surface area contributed by atoms with Gasteiger partial charge in [0.2, 0.25) is 0 Å². The molecule has 3 heterocycles. The fourth-order valence-electron chi connectivity index (χ4n) is 3.58. The van der Waals surface area contributed by atoms with E-state index in [-0.39, 0.29) is 27.6 Å². The van der Waals surface area contributed by atoms with Crippen LogP contribution in [0.5, 0.6) is 5.75 Å². The molecule has 0 aliphatic carbocycles. The van der Waals surface area contributed by atoms with Gasteiger partial charge in [0.25, 0.3) is 0 Å². The van der Waals surface area contributed by atoms with Crippen molar-refractivity contribution in [3.63, 3.8) is 0 Å². The molecule has 2 aromatic heterocycles. The normalized spacial score (nSPS) is 13.7. The van der Waals surface area contributed by atoms with E-state index in [2.05, 4.69) is 26.9 Å². The molecule has 1 aliphatic heterocycles. The summed E-state index contributed by atoms with van der Waals surface area (Å²) in [6.45, 7) is 3.37. The minimum Gasteiger partial charge on any atom is -0.494 e. The molecular weight excluding hydrogens is 449 g/mol. The molecule has 10 heteroatoms. The lowest BCUT2D eigenvalue weighted by molar-refractivity contribution is 0.103. The molecule has 3 aromatic rings. The number of aromatic nitrogens is 3. The maximum Gasteiger partial charge on any atom is 0.199 e. The van der Waals surface area contributed by atoms with Gasteiger partial charge in [-0.05, 0) is 50.0 Å². The van der Waals surface area contributed by atoms with E-state index in [0.29, 0.717) is 6.29 Å². The number of aromatic amines is 1. The third kappa shape index (κ3) is 6.21. The van der Waals surface area contributed by atoms with Crippen molar-refractivity contribution in [3.05, 3.63) is 64.5 Å². The highest BCUT2D eigenvalue weighted by Crippen LogP contribution is 2.29. The van der Waals surface area contributed by atoms with Gasteiger partial charge in [0.05, 0.1) is 35.3 Å². The Bertz CT molecular complexity index is 1090. The molecule has 0 amide bonds. The highest BCUT2D eigenvalue weighted by molar-refractivity contribution is 6.35. The number of carbonyl (C=O) groups excluding carboxylic acids is 2. The number of carbonyl (C=O) groups is 2. The quantitative estimate of drug-likeness (QED) is 0.355. The second kappa shape index (κ2) is 11.6. The molecule has 8 nitrogen and oxygen atoms in total. The lowest BCUT2D eigenvalue weighted by Gasteiger charge is -2.22. The van der Waals surface area contributed by atoms with Gasteiger partial charge in [0, 0.05) is 31.5 Å². The van der Waals surface area contributed by atoms with Gasteiger partial charge in [-0.1, -0.05) is 11.6 Å². The molecule has 1 fully saturated rings. The predicted octanol–water partition coefficient (Wildman–Crippen LogP) is 3.78. The zero-order valence-electron chi connectivity index (χ0n) is 18.5. The first-order valence-corrected chi connectivity index (χ1v) is 11.0. The van der Waals surface area contributed by atoms with Crippen LogP contribution < -0.4 is 15.4 Å². The highest BCUT2D eigenvalue weighted by atomic mass is 35.5. The Kier molecular flexibility index (Phi) is 8.62. The molecule has 4 rings (SSSR count). The number of hydrogen-bond acceptors (Lipinski definition) is 6. The monoisotopic (exact) mass is 475 g/mol. The second-order valence-electron chi connectivity index (χ2n) is 7.62.